The molecule has 2 aromatic rings. The van der Waals surface area contributed by atoms with Crippen molar-refractivity contribution in [1.82, 2.24) is 4.98 Å². The Balaban J connectivity index is 2.25. The molecule has 0 bridgehead atoms. The molecule has 2 rings (SSSR count). The van der Waals surface area contributed by atoms with Crippen molar-refractivity contribution in [2.24, 2.45) is 0 Å². The second-order valence-electron chi connectivity index (χ2n) is 4.35. The molecule has 1 aromatic carbocycles. The molecule has 0 saturated heterocycles. The number of nitrogens with one attached hydrogen (secondary N) is 1. The van der Waals surface area contributed by atoms with Crippen LogP contribution in [0.25, 0.3) is 0 Å². The fraction of sp³-hybridized carbons (Fsp3) is 0.200. The van der Waals surface area contributed by atoms with Gasteiger partial charge in [0.05, 0.1) is 31.7 Å². The third-order valence-corrected chi connectivity index (χ3v) is 3.32. The van der Waals surface area contributed by atoms with E-state index in [0.717, 1.165) is 5.56 Å². The predicted octanol–water partition coefficient (Wildman–Crippen LogP) is 3.31. The molecule has 1 heterocycles. The minimum atomic E-state index is -0.293. The third-order valence-electron chi connectivity index (χ3n) is 2.93. The summed E-state index contributed by atoms with van der Waals surface area (Å²) in [6, 6.07) is 6.75. The highest BCUT2D eigenvalue weighted by atomic mass is 35.5. The van der Waals surface area contributed by atoms with Gasteiger partial charge in [-0.05, 0) is 30.7 Å². The predicted molar refractivity (Wildman–Crippen MR) is 81.5 cm³/mol. The zero-order chi connectivity index (χ0) is 15.4. The lowest BCUT2D eigenvalue weighted by Gasteiger charge is -2.11. The van der Waals surface area contributed by atoms with Crippen LogP contribution in [0.15, 0.2) is 30.5 Å². The molecule has 0 aliphatic rings. The van der Waals surface area contributed by atoms with E-state index in [4.69, 9.17) is 21.1 Å². The molecule has 5 nitrogen and oxygen atoms in total. The fourth-order valence-electron chi connectivity index (χ4n) is 1.81. The summed E-state index contributed by atoms with van der Waals surface area (Å²) in [5.41, 5.74) is 1.77. The minimum absolute atomic E-state index is 0.293. The van der Waals surface area contributed by atoms with Crippen LogP contribution in [-0.2, 0) is 0 Å². The lowest BCUT2D eigenvalue weighted by atomic mass is 10.1. The average Bonchev–Trinajstić information content (AvgIpc) is 2.50. The second-order valence-corrected chi connectivity index (χ2v) is 4.71. The van der Waals surface area contributed by atoms with E-state index in [1.54, 1.807) is 31.4 Å². The normalized spacial score (nSPS) is 10.1. The maximum Gasteiger partial charge on any atom is 0.259 e. The number of anilines is 1. The fourth-order valence-corrected chi connectivity index (χ4v) is 1.91. The molecule has 110 valence electrons. The number of aryl methyl sites for hydroxylation is 1. The Morgan fingerprint density at radius 2 is 2.00 bits per heavy atom. The number of methoxy groups -OCH3 is 2. The van der Waals surface area contributed by atoms with Gasteiger partial charge in [-0.2, -0.15) is 0 Å². The molecule has 0 aliphatic heterocycles. The van der Waals surface area contributed by atoms with E-state index in [1.165, 1.54) is 13.3 Å². The molecule has 0 atom stereocenters. The Morgan fingerprint density at radius 1 is 1.24 bits per heavy atom. The molecule has 6 heteroatoms. The largest absolute Gasteiger partial charge is 0.497 e. The summed E-state index contributed by atoms with van der Waals surface area (Å²) in [5, 5.41) is 3.17. The van der Waals surface area contributed by atoms with Crippen molar-refractivity contribution in [2.75, 3.05) is 19.5 Å². The van der Waals surface area contributed by atoms with E-state index < -0.39 is 0 Å². The number of amides is 1. The smallest absolute Gasteiger partial charge is 0.259 e. The van der Waals surface area contributed by atoms with Crippen molar-refractivity contribution in [2.45, 2.75) is 6.92 Å². The highest BCUT2D eigenvalue weighted by Crippen LogP contribution is 2.25. The summed E-state index contributed by atoms with van der Waals surface area (Å²) in [7, 11) is 3.05. The molecule has 0 unspecified atom stereocenters. The van der Waals surface area contributed by atoms with Crippen molar-refractivity contribution >= 4 is 23.2 Å². The lowest BCUT2D eigenvalue weighted by molar-refractivity contribution is 0.102. The number of hydrogen-bond acceptors (Lipinski definition) is 4. The van der Waals surface area contributed by atoms with E-state index in [2.05, 4.69) is 10.3 Å². The first-order valence-corrected chi connectivity index (χ1v) is 6.58. The van der Waals surface area contributed by atoms with E-state index in [0.29, 0.717) is 27.9 Å². The van der Waals surface area contributed by atoms with Crippen molar-refractivity contribution < 1.29 is 14.3 Å². The van der Waals surface area contributed by atoms with Gasteiger partial charge in [-0.1, -0.05) is 11.6 Å². The average molecular weight is 307 g/mol. The van der Waals surface area contributed by atoms with Gasteiger partial charge in [-0.25, -0.2) is 4.98 Å². The molecule has 0 spiro atoms. The lowest BCUT2D eigenvalue weighted by Crippen LogP contribution is -2.13. The summed E-state index contributed by atoms with van der Waals surface area (Å²) in [6.07, 6.45) is 1.50. The Morgan fingerprint density at radius 3 is 2.62 bits per heavy atom. The Bertz CT molecular complexity index is 674. The molecule has 0 aliphatic carbocycles. The Labute approximate surface area is 127 Å². The van der Waals surface area contributed by atoms with Gasteiger partial charge in [0.25, 0.3) is 5.91 Å². The molecule has 1 N–H and O–H groups in total. The van der Waals surface area contributed by atoms with Gasteiger partial charge in [-0.15, -0.1) is 0 Å². The van der Waals surface area contributed by atoms with Crippen molar-refractivity contribution in [3.63, 3.8) is 0 Å². The highest BCUT2D eigenvalue weighted by Gasteiger charge is 2.14. The molecule has 0 fully saturated rings. The van der Waals surface area contributed by atoms with Crippen LogP contribution in [-0.4, -0.2) is 25.1 Å². The number of hydrogen-bond donors (Lipinski definition) is 1. The van der Waals surface area contributed by atoms with Crippen LogP contribution in [0, 0.1) is 6.92 Å². The zero-order valence-electron chi connectivity index (χ0n) is 11.9. The number of halogens is 1. The minimum Gasteiger partial charge on any atom is -0.497 e. The summed E-state index contributed by atoms with van der Waals surface area (Å²) >= 11 is 5.86. The molecule has 0 saturated carbocycles. The monoisotopic (exact) mass is 306 g/mol. The van der Waals surface area contributed by atoms with Crippen LogP contribution in [0.1, 0.15) is 15.9 Å². The van der Waals surface area contributed by atoms with Crippen LogP contribution in [0.5, 0.6) is 11.5 Å². The highest BCUT2D eigenvalue weighted by molar-refractivity contribution is 6.30. The second kappa shape index (κ2) is 6.45. The SMILES string of the molecule is COc1ccc(C(=O)Nc2cnc(Cl)c(C)c2)c(OC)c1. The topological polar surface area (TPSA) is 60.5 Å². The first-order chi connectivity index (χ1) is 10.0. The summed E-state index contributed by atoms with van der Waals surface area (Å²) in [6.45, 7) is 1.82. The van der Waals surface area contributed by atoms with E-state index >= 15 is 0 Å². The van der Waals surface area contributed by atoms with Gasteiger partial charge < -0.3 is 14.8 Å². The molecule has 1 aromatic heterocycles. The molecular formula is C15H15ClN2O3. The van der Waals surface area contributed by atoms with Crippen molar-refractivity contribution in [3.8, 4) is 11.5 Å². The summed E-state index contributed by atoms with van der Waals surface area (Å²) in [5.74, 6) is 0.760. The number of aromatic nitrogens is 1. The standard InChI is InChI=1S/C15H15ClN2O3/c1-9-6-10(8-17-14(9)16)18-15(19)12-5-4-11(20-2)7-13(12)21-3/h4-8H,1-3H3,(H,18,19). The van der Waals surface area contributed by atoms with Gasteiger partial charge in [0.2, 0.25) is 0 Å². The van der Waals surface area contributed by atoms with Gasteiger partial charge in [-0.3, -0.25) is 4.79 Å². The first-order valence-electron chi connectivity index (χ1n) is 6.20. The van der Waals surface area contributed by atoms with Crippen LogP contribution in [0.3, 0.4) is 0 Å². The first kappa shape index (κ1) is 15.1. The number of benzene rings is 1. The quantitative estimate of drug-likeness (QED) is 0.880. The van der Waals surface area contributed by atoms with Crippen LogP contribution in [0.2, 0.25) is 5.15 Å². The molecule has 0 radical (unpaired) electrons. The van der Waals surface area contributed by atoms with E-state index in [9.17, 15) is 4.79 Å². The maximum absolute atomic E-state index is 12.3. The molecule has 21 heavy (non-hydrogen) atoms. The van der Waals surface area contributed by atoms with Gasteiger partial charge in [0.1, 0.15) is 16.7 Å². The van der Waals surface area contributed by atoms with Gasteiger partial charge >= 0.3 is 0 Å². The summed E-state index contributed by atoms with van der Waals surface area (Å²) in [4.78, 5) is 16.3. The van der Waals surface area contributed by atoms with Crippen LogP contribution < -0.4 is 14.8 Å². The van der Waals surface area contributed by atoms with Crippen molar-refractivity contribution in [3.05, 3.63) is 46.7 Å². The number of nitrogens with zero attached hydrogens (tertiary/aromatic N) is 1. The third kappa shape index (κ3) is 3.44. The summed E-state index contributed by atoms with van der Waals surface area (Å²) < 4.78 is 10.3. The maximum atomic E-state index is 12.3. The Hall–Kier alpha value is -2.27. The molecular weight excluding hydrogens is 292 g/mol. The molecule has 1 amide bonds. The van der Waals surface area contributed by atoms with Gasteiger partial charge in [0, 0.05) is 6.07 Å². The zero-order valence-corrected chi connectivity index (χ0v) is 12.7. The number of rotatable bonds is 4. The van der Waals surface area contributed by atoms with E-state index in [-0.39, 0.29) is 5.91 Å². The Kier molecular flexibility index (Phi) is 4.65. The number of ether oxygens (including phenoxy) is 2. The van der Waals surface area contributed by atoms with Gasteiger partial charge in [0.15, 0.2) is 0 Å². The van der Waals surface area contributed by atoms with Crippen LogP contribution in [0.4, 0.5) is 5.69 Å². The van der Waals surface area contributed by atoms with E-state index in [1.807, 2.05) is 6.92 Å². The van der Waals surface area contributed by atoms with Crippen molar-refractivity contribution in [1.29, 1.82) is 0 Å². The number of carbonyl (C=O) groups is 1. The van der Waals surface area contributed by atoms with Crippen LogP contribution >= 0.6 is 11.6 Å². The number of pyridine rings is 1. The number of carbonyl (C=O) groups excluding carboxylic acids is 1.